The van der Waals surface area contributed by atoms with E-state index in [4.69, 9.17) is 9.52 Å². The van der Waals surface area contributed by atoms with Crippen molar-refractivity contribution in [2.24, 2.45) is 0 Å². The topological polar surface area (TPSA) is 105 Å². The summed E-state index contributed by atoms with van der Waals surface area (Å²) >= 11 is 0. The highest BCUT2D eigenvalue weighted by Gasteiger charge is 2.38. The van der Waals surface area contributed by atoms with E-state index in [1.54, 1.807) is 0 Å². The van der Waals surface area contributed by atoms with Gasteiger partial charge in [-0.2, -0.15) is 13.2 Å². The van der Waals surface area contributed by atoms with Crippen LogP contribution in [-0.2, 0) is 15.9 Å². The molecule has 7 nitrogen and oxygen atoms in total. The number of alkyl halides is 3. The molecular formula is C21H18F4N4O3S. The van der Waals surface area contributed by atoms with E-state index in [0.717, 1.165) is 6.92 Å². The Labute approximate surface area is 186 Å². The van der Waals surface area contributed by atoms with Crippen LogP contribution in [0.2, 0.25) is 0 Å². The lowest BCUT2D eigenvalue weighted by Crippen LogP contribution is -2.21. The highest BCUT2D eigenvalue weighted by molar-refractivity contribution is 7.91. The number of carbonyl (C=O) groups is 1. The predicted octanol–water partition coefficient (Wildman–Crippen LogP) is 5.33. The number of hydrogen-bond donors (Lipinski definition) is 2. The molecule has 3 aromatic rings. The molecule has 1 heterocycles. The summed E-state index contributed by atoms with van der Waals surface area (Å²) in [7, 11) is -3.11. The maximum Gasteiger partial charge on any atom is 0.435 e. The van der Waals surface area contributed by atoms with Crippen LogP contribution in [0.3, 0.4) is 0 Å². The molecule has 3 rings (SSSR count). The summed E-state index contributed by atoms with van der Waals surface area (Å²) in [4.78, 5) is 13.1. The minimum absolute atomic E-state index is 0.0804. The molecule has 0 aliphatic carbocycles. The number of rotatable bonds is 5. The van der Waals surface area contributed by atoms with E-state index in [2.05, 4.69) is 15.5 Å². The minimum Gasteiger partial charge on any atom is -0.434 e. The Bertz CT molecular complexity index is 1340. The average molecular weight is 482 g/mol. The molecule has 0 saturated carbocycles. The van der Waals surface area contributed by atoms with Crippen molar-refractivity contribution in [1.82, 2.24) is 10.2 Å². The van der Waals surface area contributed by atoms with Crippen molar-refractivity contribution >= 4 is 21.3 Å². The lowest BCUT2D eigenvalue weighted by molar-refractivity contribution is -0.142. The molecule has 0 spiro atoms. The van der Waals surface area contributed by atoms with Gasteiger partial charge in [-0.1, -0.05) is 18.2 Å². The Balaban J connectivity index is 2.09. The fraction of sp³-hybridized carbons (Fsp3) is 0.190. The van der Waals surface area contributed by atoms with E-state index < -0.39 is 50.3 Å². The number of hydrogen-bond acceptors (Lipinski definition) is 6. The van der Waals surface area contributed by atoms with Crippen LogP contribution in [0.1, 0.15) is 27.2 Å². The molecule has 2 aromatic carbocycles. The lowest BCUT2D eigenvalue weighted by Gasteiger charge is -2.16. The van der Waals surface area contributed by atoms with Gasteiger partial charge in [0.05, 0.1) is 9.73 Å². The second-order valence-corrected chi connectivity index (χ2v) is 9.32. The zero-order valence-corrected chi connectivity index (χ0v) is 18.4. The van der Waals surface area contributed by atoms with Crippen molar-refractivity contribution in [2.45, 2.75) is 24.9 Å². The first kappa shape index (κ1) is 24.1. The number of aryl methyl sites for hydroxylation is 1. The van der Waals surface area contributed by atoms with Crippen molar-refractivity contribution in [1.29, 1.82) is 4.78 Å². The smallest absolute Gasteiger partial charge is 0.434 e. The number of halogens is 4. The van der Waals surface area contributed by atoms with Crippen LogP contribution < -0.4 is 10.1 Å². The number of nitrogens with one attached hydrogen (secondary N) is 2. The summed E-state index contributed by atoms with van der Waals surface area (Å²) in [5.41, 5.74) is -2.29. The van der Waals surface area contributed by atoms with E-state index in [1.807, 2.05) is 0 Å². The molecule has 1 unspecified atom stereocenters. The van der Waals surface area contributed by atoms with Crippen LogP contribution in [0.15, 0.2) is 47.4 Å². The van der Waals surface area contributed by atoms with Gasteiger partial charge in [-0.15, -0.1) is 10.2 Å². The number of anilines is 1. The lowest BCUT2D eigenvalue weighted by atomic mass is 10.1. The molecular weight excluding hydrogens is 464 g/mol. The van der Waals surface area contributed by atoms with Gasteiger partial charge in [-0.3, -0.25) is 4.79 Å². The van der Waals surface area contributed by atoms with Crippen molar-refractivity contribution in [2.75, 3.05) is 11.6 Å². The van der Waals surface area contributed by atoms with Gasteiger partial charge in [0.1, 0.15) is 5.56 Å². The Kier molecular flexibility index (Phi) is 6.41. The van der Waals surface area contributed by atoms with Gasteiger partial charge in [0.2, 0.25) is 0 Å². The summed E-state index contributed by atoms with van der Waals surface area (Å²) in [5, 5.41) is 8.91. The first-order chi connectivity index (χ1) is 15.3. The summed E-state index contributed by atoms with van der Waals surface area (Å²) in [5.74, 6) is -2.79. The van der Waals surface area contributed by atoms with Gasteiger partial charge in [0.15, 0.2) is 17.3 Å². The zero-order chi connectivity index (χ0) is 24.6. The van der Waals surface area contributed by atoms with Crippen LogP contribution in [-0.4, -0.2) is 26.6 Å². The standard InChI is InChI=1S/C21H18F4N4O3S/c1-11-6-4-9-15(17(11)22)32-20-16(12(2)18(28-29-20)21(23,24)25)19(30)27-13-7-5-8-14(10-13)33(3,26)31/h4-10,26H,1-3H3,(H,27,30). The maximum absolute atomic E-state index is 14.4. The maximum atomic E-state index is 14.4. The van der Waals surface area contributed by atoms with Crippen LogP contribution in [0.5, 0.6) is 11.6 Å². The predicted molar refractivity (Wildman–Crippen MR) is 112 cm³/mol. The summed E-state index contributed by atoms with van der Waals surface area (Å²) in [6.45, 7) is 2.48. The third-order valence-electron chi connectivity index (χ3n) is 4.59. The molecule has 0 fully saturated rings. The first-order valence-electron chi connectivity index (χ1n) is 9.31. The van der Waals surface area contributed by atoms with Crippen LogP contribution in [0.25, 0.3) is 0 Å². The quantitative estimate of drug-likeness (QED) is 0.478. The Hall–Kier alpha value is -3.54. The Morgan fingerprint density at radius 2 is 1.79 bits per heavy atom. The molecule has 33 heavy (non-hydrogen) atoms. The monoisotopic (exact) mass is 482 g/mol. The first-order valence-corrected chi connectivity index (χ1v) is 11.3. The third-order valence-corrected chi connectivity index (χ3v) is 5.74. The zero-order valence-electron chi connectivity index (χ0n) is 17.6. The van der Waals surface area contributed by atoms with E-state index in [1.165, 1.54) is 55.6 Å². The van der Waals surface area contributed by atoms with Crippen molar-refractivity contribution in [3.05, 3.63) is 70.7 Å². The summed E-state index contributed by atoms with van der Waals surface area (Å²) < 4.78 is 79.6. The van der Waals surface area contributed by atoms with Gasteiger partial charge in [0, 0.05) is 16.8 Å². The molecule has 174 valence electrons. The van der Waals surface area contributed by atoms with Crippen LogP contribution in [0, 0.1) is 24.4 Å². The molecule has 0 radical (unpaired) electrons. The van der Waals surface area contributed by atoms with E-state index in [0.29, 0.717) is 0 Å². The van der Waals surface area contributed by atoms with E-state index in [9.17, 15) is 26.6 Å². The number of nitrogens with zero attached hydrogens (tertiary/aromatic N) is 2. The van der Waals surface area contributed by atoms with E-state index >= 15 is 0 Å². The molecule has 1 amide bonds. The summed E-state index contributed by atoms with van der Waals surface area (Å²) in [6, 6.07) is 9.68. The number of benzene rings is 2. The van der Waals surface area contributed by atoms with Gasteiger partial charge in [0.25, 0.3) is 11.8 Å². The van der Waals surface area contributed by atoms with E-state index in [-0.39, 0.29) is 21.9 Å². The molecule has 1 aromatic heterocycles. The highest BCUT2D eigenvalue weighted by Crippen LogP contribution is 2.35. The highest BCUT2D eigenvalue weighted by atomic mass is 32.2. The third kappa shape index (κ3) is 5.28. The minimum atomic E-state index is -4.90. The molecule has 12 heteroatoms. The second kappa shape index (κ2) is 8.77. The van der Waals surface area contributed by atoms with Crippen LogP contribution >= 0.6 is 0 Å². The number of carbonyl (C=O) groups excluding carboxylic acids is 1. The van der Waals surface area contributed by atoms with Crippen molar-refractivity contribution < 1.29 is 31.3 Å². The Morgan fingerprint density at radius 3 is 2.42 bits per heavy atom. The molecule has 1 atom stereocenters. The fourth-order valence-electron chi connectivity index (χ4n) is 2.92. The van der Waals surface area contributed by atoms with Gasteiger partial charge in [-0.25, -0.2) is 13.4 Å². The van der Waals surface area contributed by atoms with Gasteiger partial charge in [-0.05, 0) is 49.2 Å². The Morgan fingerprint density at radius 1 is 1.12 bits per heavy atom. The molecule has 2 N–H and O–H groups in total. The summed E-state index contributed by atoms with van der Waals surface area (Å²) in [6.07, 6.45) is -3.72. The fourth-order valence-corrected chi connectivity index (χ4v) is 3.61. The van der Waals surface area contributed by atoms with Crippen LogP contribution in [0.4, 0.5) is 23.2 Å². The largest absolute Gasteiger partial charge is 0.435 e. The molecule has 0 aliphatic rings. The van der Waals surface area contributed by atoms with Crippen molar-refractivity contribution in [3.8, 4) is 11.6 Å². The van der Waals surface area contributed by atoms with Gasteiger partial charge >= 0.3 is 6.18 Å². The average Bonchev–Trinajstić information content (AvgIpc) is 2.70. The normalized spacial score (nSPS) is 13.3. The molecule has 0 saturated heterocycles. The number of ether oxygens (including phenoxy) is 1. The second-order valence-electron chi connectivity index (χ2n) is 7.17. The number of amides is 1. The molecule has 0 aliphatic heterocycles. The SMILES string of the molecule is Cc1cccc(Oc2nnc(C(F)(F)F)c(C)c2C(=O)Nc2cccc(S(C)(=N)=O)c2)c1F. The van der Waals surface area contributed by atoms with Gasteiger partial charge < -0.3 is 10.1 Å². The van der Waals surface area contributed by atoms with Crippen molar-refractivity contribution in [3.63, 3.8) is 0 Å². The molecule has 0 bridgehead atoms. The number of aromatic nitrogens is 2.